The Morgan fingerprint density at radius 2 is 0.413 bits per heavy atom. The van der Waals surface area contributed by atoms with E-state index in [1.807, 2.05) is 65.8 Å². The van der Waals surface area contributed by atoms with Gasteiger partial charge in [0.2, 0.25) is 0 Å². The van der Waals surface area contributed by atoms with Crippen LogP contribution in [0, 0.1) is 41.5 Å². The van der Waals surface area contributed by atoms with Gasteiger partial charge in [0, 0.05) is 0 Å². The van der Waals surface area contributed by atoms with Gasteiger partial charge < -0.3 is 40.9 Å². The van der Waals surface area contributed by atoms with Crippen LogP contribution in [-0.4, -0.2) is 36.6 Å². The summed E-state index contributed by atoms with van der Waals surface area (Å²) in [4.78, 5) is 0. The molecule has 2 rings (SSSR count). The zero-order chi connectivity index (χ0) is 36.9. The molecule has 0 N–H and O–H groups in total. The maximum absolute atomic E-state index is 11.1. The molecule has 0 unspecified atom stereocenters. The molecular weight excluding hydrogens is 656 g/mol. The van der Waals surface area contributed by atoms with Crippen LogP contribution in [0.1, 0.15) is 116 Å². The standard InChI is InChI=1S/2C9H12O.6C3H7O.2Ti/c2*1-6-4-7(2)9(10)8(3)5-6;6*1-3(2)4;;/h2*4-5,10H,1-3H3;6*3H,1-2H3;;/q;;6*-1;2*+4/p-2. The third-order valence-corrected chi connectivity index (χ3v) is 3.21. The van der Waals surface area contributed by atoms with E-state index in [0.717, 1.165) is 33.4 Å². The van der Waals surface area contributed by atoms with E-state index in [2.05, 4.69) is 0 Å². The molecule has 0 aromatic heterocycles. The number of aryl methyl sites for hydroxylation is 6. The minimum absolute atomic E-state index is 0. The summed E-state index contributed by atoms with van der Waals surface area (Å²) >= 11 is 0. The van der Waals surface area contributed by atoms with E-state index in [4.69, 9.17) is 0 Å². The Hall–Kier alpha value is -0.771. The van der Waals surface area contributed by atoms with Crippen LogP contribution in [0.3, 0.4) is 0 Å². The van der Waals surface area contributed by atoms with Crippen molar-refractivity contribution >= 4 is 0 Å². The molecule has 2 aromatic carbocycles. The summed E-state index contributed by atoms with van der Waals surface area (Å²) < 4.78 is 0. The van der Waals surface area contributed by atoms with Crippen LogP contribution in [0.15, 0.2) is 24.3 Å². The third kappa shape index (κ3) is 79.0. The smallest absolute Gasteiger partial charge is 0.872 e. The molecule has 8 nitrogen and oxygen atoms in total. The predicted molar refractivity (Wildman–Crippen MR) is 171 cm³/mol. The first-order chi connectivity index (χ1) is 19.6. The van der Waals surface area contributed by atoms with Crippen molar-refractivity contribution < 1.29 is 84.3 Å². The van der Waals surface area contributed by atoms with Crippen LogP contribution in [0.5, 0.6) is 11.5 Å². The zero-order valence-corrected chi connectivity index (χ0v) is 35.2. The van der Waals surface area contributed by atoms with E-state index in [-0.39, 0.29) is 54.9 Å². The third-order valence-electron chi connectivity index (χ3n) is 3.21. The summed E-state index contributed by atoms with van der Waals surface area (Å²) in [6, 6.07) is 7.65. The number of hydrogen-bond acceptors (Lipinski definition) is 8. The molecule has 0 aliphatic heterocycles. The summed E-state index contributed by atoms with van der Waals surface area (Å²) in [5.74, 6) is 0.344. The Bertz CT molecular complexity index is 737. The summed E-state index contributed by atoms with van der Waals surface area (Å²) in [6.07, 6.45) is -2.50. The SMILES string of the molecule is CC(C)[O-].CC(C)[O-].CC(C)[O-].CC(C)[O-].CC(C)[O-].CC(C)[O-].Cc1cc(C)c([O-])c(C)c1.Cc1cc(C)c([O-])c(C)c1.[Ti+4].[Ti+4]. The van der Waals surface area contributed by atoms with Gasteiger partial charge in [-0.1, -0.05) is 141 Å². The van der Waals surface area contributed by atoms with E-state index in [1.54, 1.807) is 83.1 Å². The molecule has 0 bridgehead atoms. The van der Waals surface area contributed by atoms with Crippen LogP contribution in [0.4, 0.5) is 0 Å². The summed E-state index contributed by atoms with van der Waals surface area (Å²) in [7, 11) is 0. The van der Waals surface area contributed by atoms with E-state index in [1.165, 1.54) is 0 Å². The molecule has 0 saturated carbocycles. The molecular formula is C36H64O8Ti2. The Morgan fingerprint density at radius 3 is 0.500 bits per heavy atom. The van der Waals surface area contributed by atoms with Crippen LogP contribution in [0.2, 0.25) is 0 Å². The molecule has 0 saturated heterocycles. The summed E-state index contributed by atoms with van der Waals surface area (Å²) in [5.41, 5.74) is 5.70. The summed E-state index contributed by atoms with van der Waals surface area (Å²) in [5, 5.41) is 79.4. The largest absolute Gasteiger partial charge is 4.00 e. The quantitative estimate of drug-likeness (QED) is 0.370. The second kappa shape index (κ2) is 40.4. The van der Waals surface area contributed by atoms with Crippen LogP contribution < -0.4 is 40.9 Å². The Labute approximate surface area is 313 Å². The van der Waals surface area contributed by atoms with E-state index in [0.29, 0.717) is 0 Å². The van der Waals surface area contributed by atoms with E-state index < -0.39 is 36.6 Å². The normalized spacial score (nSPS) is 9.00. The van der Waals surface area contributed by atoms with Crippen molar-refractivity contribution in [2.75, 3.05) is 0 Å². The first-order valence-corrected chi connectivity index (χ1v) is 15.1. The van der Waals surface area contributed by atoms with Gasteiger partial charge in [0.15, 0.2) is 0 Å². The van der Waals surface area contributed by atoms with Crippen molar-refractivity contribution in [2.45, 2.75) is 161 Å². The fourth-order valence-corrected chi connectivity index (χ4v) is 2.33. The van der Waals surface area contributed by atoms with Gasteiger partial charge in [-0.15, -0.1) is 48.1 Å². The molecule has 264 valence electrons. The minimum atomic E-state index is -0.417. The Balaban J connectivity index is -0.0000000623. The topological polar surface area (TPSA) is 184 Å². The molecule has 0 radical (unpaired) electrons. The summed E-state index contributed by atoms with van der Waals surface area (Å²) in [6.45, 7) is 30.7. The van der Waals surface area contributed by atoms with Crippen LogP contribution >= 0.6 is 0 Å². The second-order valence-electron chi connectivity index (χ2n) is 11.7. The van der Waals surface area contributed by atoms with Gasteiger partial charge in [0.25, 0.3) is 0 Å². The molecule has 0 aliphatic carbocycles. The zero-order valence-electron chi connectivity index (χ0n) is 32.0. The van der Waals surface area contributed by atoms with Gasteiger partial charge in [-0.05, 0) is 41.5 Å². The van der Waals surface area contributed by atoms with Gasteiger partial charge in [0.1, 0.15) is 0 Å². The molecule has 46 heavy (non-hydrogen) atoms. The molecule has 0 atom stereocenters. The molecule has 10 heteroatoms. The molecule has 0 spiro atoms. The number of benzene rings is 2. The van der Waals surface area contributed by atoms with Gasteiger partial charge >= 0.3 is 43.4 Å². The fraction of sp³-hybridized carbons (Fsp3) is 0.667. The molecule has 0 heterocycles. The molecule has 0 fully saturated rings. The van der Waals surface area contributed by atoms with Gasteiger partial charge in [-0.25, -0.2) is 0 Å². The van der Waals surface area contributed by atoms with Crippen molar-refractivity contribution in [2.24, 2.45) is 0 Å². The van der Waals surface area contributed by atoms with Crippen molar-refractivity contribution in [3.05, 3.63) is 57.6 Å². The van der Waals surface area contributed by atoms with E-state index in [9.17, 15) is 40.9 Å². The maximum atomic E-state index is 11.1. The van der Waals surface area contributed by atoms with Gasteiger partial charge in [0.05, 0.1) is 0 Å². The van der Waals surface area contributed by atoms with Gasteiger partial charge in [-0.2, -0.15) is 0 Å². The van der Waals surface area contributed by atoms with Crippen molar-refractivity contribution in [3.63, 3.8) is 0 Å². The Kier molecular flexibility index (Phi) is 56.1. The van der Waals surface area contributed by atoms with Crippen LogP contribution in [-0.2, 0) is 43.4 Å². The van der Waals surface area contributed by atoms with Crippen molar-refractivity contribution in [3.8, 4) is 11.5 Å². The van der Waals surface area contributed by atoms with Crippen LogP contribution in [0.25, 0.3) is 0 Å². The monoisotopic (exact) mass is 720 g/mol. The number of hydrogen-bond donors (Lipinski definition) is 0. The Morgan fingerprint density at radius 1 is 0.326 bits per heavy atom. The molecule has 0 amide bonds. The average molecular weight is 721 g/mol. The average Bonchev–Trinajstić information content (AvgIpc) is 2.74. The first kappa shape index (κ1) is 63.8. The predicted octanol–water partition coefficient (Wildman–Crippen LogP) is 1.90. The van der Waals surface area contributed by atoms with Crippen molar-refractivity contribution in [1.29, 1.82) is 0 Å². The second-order valence-corrected chi connectivity index (χ2v) is 11.7. The first-order valence-electron chi connectivity index (χ1n) is 15.1. The van der Waals surface area contributed by atoms with Crippen molar-refractivity contribution in [1.82, 2.24) is 0 Å². The van der Waals surface area contributed by atoms with Gasteiger partial charge in [-0.3, -0.25) is 0 Å². The number of rotatable bonds is 0. The minimum Gasteiger partial charge on any atom is -0.872 e. The fourth-order valence-electron chi connectivity index (χ4n) is 2.33. The van der Waals surface area contributed by atoms with E-state index >= 15 is 0 Å². The maximum Gasteiger partial charge on any atom is 4.00 e. The molecule has 0 aliphatic rings. The molecule has 2 aromatic rings.